The van der Waals surface area contributed by atoms with Crippen LogP contribution < -0.4 is 10.6 Å². The molecule has 0 spiro atoms. The molecule has 2 aromatic carbocycles. The van der Waals surface area contributed by atoms with E-state index in [-0.39, 0.29) is 11.8 Å². The molecule has 29 heavy (non-hydrogen) atoms. The fourth-order valence-corrected chi connectivity index (χ4v) is 3.66. The van der Waals surface area contributed by atoms with Gasteiger partial charge in [-0.15, -0.1) is 11.3 Å². The monoisotopic (exact) mass is 404 g/mol. The van der Waals surface area contributed by atoms with E-state index in [4.69, 9.17) is 0 Å². The number of nitrogens with zero attached hydrogens (tertiary/aromatic N) is 2. The van der Waals surface area contributed by atoms with E-state index in [9.17, 15) is 9.59 Å². The van der Waals surface area contributed by atoms with Crippen molar-refractivity contribution in [1.82, 2.24) is 14.7 Å². The van der Waals surface area contributed by atoms with Crippen LogP contribution in [0.2, 0.25) is 0 Å². The third-order valence-corrected chi connectivity index (χ3v) is 5.23. The molecular weight excluding hydrogens is 384 g/mol. The van der Waals surface area contributed by atoms with E-state index in [1.807, 2.05) is 64.6 Å². The first-order valence-electron chi connectivity index (χ1n) is 9.35. The Morgan fingerprint density at radius 1 is 1.03 bits per heavy atom. The van der Waals surface area contributed by atoms with Crippen molar-refractivity contribution in [1.29, 1.82) is 0 Å². The van der Waals surface area contributed by atoms with Crippen molar-refractivity contribution in [2.75, 3.05) is 11.9 Å². The Hall–Kier alpha value is -3.45. The molecule has 6 nitrogen and oxygen atoms in total. The number of carbonyl (C=O) groups is 2. The van der Waals surface area contributed by atoms with Gasteiger partial charge in [-0.2, -0.15) is 0 Å². The molecule has 4 aromatic rings. The highest BCUT2D eigenvalue weighted by Crippen LogP contribution is 2.23. The van der Waals surface area contributed by atoms with Crippen LogP contribution in [0.3, 0.4) is 0 Å². The normalized spacial score (nSPS) is 10.8. The fourth-order valence-electron chi connectivity index (χ4n) is 2.96. The SMILES string of the molecule is O=C(CCCNC(=O)c1ccccc1)Nc1ccc(-c2cn3ccsc3n2)cc1. The van der Waals surface area contributed by atoms with E-state index in [2.05, 4.69) is 15.6 Å². The van der Waals surface area contributed by atoms with Crippen LogP contribution >= 0.6 is 11.3 Å². The summed E-state index contributed by atoms with van der Waals surface area (Å²) in [5.41, 5.74) is 3.27. The van der Waals surface area contributed by atoms with Gasteiger partial charge in [-0.25, -0.2) is 4.98 Å². The third-order valence-electron chi connectivity index (χ3n) is 4.46. The lowest BCUT2D eigenvalue weighted by atomic mass is 10.1. The molecule has 0 bridgehead atoms. The number of fused-ring (bicyclic) bond motifs is 1. The molecule has 2 aromatic heterocycles. The summed E-state index contributed by atoms with van der Waals surface area (Å²) in [6.45, 7) is 0.456. The maximum Gasteiger partial charge on any atom is 0.251 e. The number of hydrogen-bond donors (Lipinski definition) is 2. The van der Waals surface area contributed by atoms with Crippen LogP contribution in [-0.4, -0.2) is 27.7 Å². The molecule has 4 rings (SSSR count). The highest BCUT2D eigenvalue weighted by atomic mass is 32.1. The summed E-state index contributed by atoms with van der Waals surface area (Å²) in [5.74, 6) is -0.199. The molecule has 0 saturated carbocycles. The molecule has 0 radical (unpaired) electrons. The molecule has 2 N–H and O–H groups in total. The molecular formula is C22H20N4O2S. The van der Waals surface area contributed by atoms with Crippen LogP contribution in [0.15, 0.2) is 72.4 Å². The number of amides is 2. The summed E-state index contributed by atoms with van der Waals surface area (Å²) in [4.78, 5) is 29.6. The molecule has 0 aliphatic carbocycles. The lowest BCUT2D eigenvalue weighted by molar-refractivity contribution is -0.116. The average molecular weight is 404 g/mol. The summed E-state index contributed by atoms with van der Waals surface area (Å²) < 4.78 is 1.99. The summed E-state index contributed by atoms with van der Waals surface area (Å²) in [7, 11) is 0. The second-order valence-electron chi connectivity index (χ2n) is 6.57. The van der Waals surface area contributed by atoms with Gasteiger partial charge >= 0.3 is 0 Å². The van der Waals surface area contributed by atoms with Crippen LogP contribution in [0, 0.1) is 0 Å². The molecule has 0 unspecified atom stereocenters. The first-order valence-corrected chi connectivity index (χ1v) is 10.2. The van der Waals surface area contributed by atoms with Crippen molar-refractivity contribution in [3.05, 3.63) is 77.9 Å². The first-order chi connectivity index (χ1) is 14.2. The summed E-state index contributed by atoms with van der Waals surface area (Å²) in [6, 6.07) is 16.7. The molecule has 0 saturated heterocycles. The van der Waals surface area contributed by atoms with E-state index >= 15 is 0 Å². The number of nitrogens with one attached hydrogen (secondary N) is 2. The predicted octanol–water partition coefficient (Wildman–Crippen LogP) is 4.21. The lowest BCUT2D eigenvalue weighted by Crippen LogP contribution is -2.25. The molecule has 0 aliphatic heterocycles. The van der Waals surface area contributed by atoms with Gasteiger partial charge in [-0.05, 0) is 30.7 Å². The van der Waals surface area contributed by atoms with Crippen LogP contribution in [0.4, 0.5) is 5.69 Å². The highest BCUT2D eigenvalue weighted by molar-refractivity contribution is 7.15. The molecule has 2 heterocycles. The van der Waals surface area contributed by atoms with Crippen LogP contribution in [-0.2, 0) is 4.79 Å². The van der Waals surface area contributed by atoms with Crippen LogP contribution in [0.25, 0.3) is 16.2 Å². The van der Waals surface area contributed by atoms with Crippen LogP contribution in [0.1, 0.15) is 23.2 Å². The molecule has 0 fully saturated rings. The fraction of sp³-hybridized carbons (Fsp3) is 0.136. The Kier molecular flexibility index (Phi) is 5.67. The van der Waals surface area contributed by atoms with Gasteiger partial charge in [0.25, 0.3) is 5.91 Å². The van der Waals surface area contributed by atoms with Gasteiger partial charge < -0.3 is 10.6 Å². The predicted molar refractivity (Wildman–Crippen MR) is 115 cm³/mol. The molecule has 0 aliphatic rings. The molecule has 0 atom stereocenters. The Morgan fingerprint density at radius 3 is 2.59 bits per heavy atom. The van der Waals surface area contributed by atoms with Crippen LogP contribution in [0.5, 0.6) is 0 Å². The number of aromatic nitrogens is 2. The van der Waals surface area contributed by atoms with E-state index in [0.717, 1.165) is 21.9 Å². The zero-order valence-corrected chi connectivity index (χ0v) is 16.5. The van der Waals surface area contributed by atoms with E-state index < -0.39 is 0 Å². The van der Waals surface area contributed by atoms with Gasteiger partial charge in [-0.1, -0.05) is 30.3 Å². The number of benzene rings is 2. The van der Waals surface area contributed by atoms with Crippen molar-refractivity contribution in [3.63, 3.8) is 0 Å². The number of imidazole rings is 1. The van der Waals surface area contributed by atoms with Crippen molar-refractivity contribution in [2.24, 2.45) is 0 Å². The number of thiazole rings is 1. The minimum absolute atomic E-state index is 0.0748. The van der Waals surface area contributed by atoms with Crippen molar-refractivity contribution >= 4 is 33.8 Å². The third kappa shape index (κ3) is 4.70. The van der Waals surface area contributed by atoms with Gasteiger partial charge in [0.2, 0.25) is 5.91 Å². The van der Waals surface area contributed by atoms with Gasteiger partial charge in [0.15, 0.2) is 4.96 Å². The molecule has 7 heteroatoms. The number of rotatable bonds is 7. The molecule has 2 amide bonds. The van der Waals surface area contributed by atoms with E-state index in [1.54, 1.807) is 23.5 Å². The zero-order chi connectivity index (χ0) is 20.1. The largest absolute Gasteiger partial charge is 0.352 e. The number of carbonyl (C=O) groups excluding carboxylic acids is 2. The van der Waals surface area contributed by atoms with Crippen molar-refractivity contribution in [2.45, 2.75) is 12.8 Å². The second-order valence-corrected chi connectivity index (χ2v) is 7.44. The minimum atomic E-state index is -0.124. The van der Waals surface area contributed by atoms with E-state index in [0.29, 0.717) is 24.9 Å². The Bertz CT molecular complexity index is 1090. The summed E-state index contributed by atoms with van der Waals surface area (Å²) in [6.07, 6.45) is 4.89. The Balaban J connectivity index is 1.23. The Morgan fingerprint density at radius 2 is 1.83 bits per heavy atom. The molecule has 146 valence electrons. The maximum absolute atomic E-state index is 12.1. The van der Waals surface area contributed by atoms with E-state index in [1.165, 1.54) is 0 Å². The second kappa shape index (κ2) is 8.70. The average Bonchev–Trinajstić information content (AvgIpc) is 3.35. The highest BCUT2D eigenvalue weighted by Gasteiger charge is 2.07. The van der Waals surface area contributed by atoms with Gasteiger partial charge in [-0.3, -0.25) is 14.0 Å². The smallest absolute Gasteiger partial charge is 0.251 e. The number of anilines is 1. The van der Waals surface area contributed by atoms with Gasteiger partial charge in [0.1, 0.15) is 0 Å². The van der Waals surface area contributed by atoms with Crippen molar-refractivity contribution in [3.8, 4) is 11.3 Å². The topological polar surface area (TPSA) is 75.5 Å². The van der Waals surface area contributed by atoms with Gasteiger partial charge in [0.05, 0.1) is 5.69 Å². The standard InChI is InChI=1S/C22H20N4O2S/c27-20(7-4-12-23-21(28)17-5-2-1-3-6-17)24-18-10-8-16(9-11-18)19-15-26-13-14-29-22(26)25-19/h1-3,5-6,8-11,13-15H,4,7,12H2,(H,23,28)(H,24,27). The minimum Gasteiger partial charge on any atom is -0.352 e. The lowest BCUT2D eigenvalue weighted by Gasteiger charge is -2.07. The quantitative estimate of drug-likeness (QED) is 0.453. The maximum atomic E-state index is 12.1. The summed E-state index contributed by atoms with van der Waals surface area (Å²) in [5, 5.41) is 7.71. The van der Waals surface area contributed by atoms with Crippen molar-refractivity contribution < 1.29 is 9.59 Å². The number of hydrogen-bond acceptors (Lipinski definition) is 4. The van der Waals surface area contributed by atoms with Gasteiger partial charge in [0, 0.05) is 47.6 Å². The Labute approximate surface area is 172 Å². The first kappa shape index (κ1) is 18.9. The zero-order valence-electron chi connectivity index (χ0n) is 15.7. The summed E-state index contributed by atoms with van der Waals surface area (Å²) >= 11 is 1.59.